The third-order valence-corrected chi connectivity index (χ3v) is 4.05. The van der Waals surface area contributed by atoms with Crippen molar-refractivity contribution in [3.05, 3.63) is 48.5 Å². The van der Waals surface area contributed by atoms with Gasteiger partial charge in [0, 0.05) is 18.7 Å². The van der Waals surface area contributed by atoms with E-state index < -0.39 is 6.10 Å². The molecular weight excluding hydrogens is 340 g/mol. The first-order chi connectivity index (χ1) is 11.8. The van der Waals surface area contributed by atoms with Gasteiger partial charge < -0.3 is 20.4 Å². The van der Waals surface area contributed by atoms with Gasteiger partial charge in [-0.05, 0) is 24.3 Å². The molecule has 6 nitrogen and oxygen atoms in total. The number of nitrogens with zero attached hydrogens (tertiary/aromatic N) is 1. The number of aromatic amines is 1. The van der Waals surface area contributed by atoms with Crippen molar-refractivity contribution >= 4 is 35.0 Å². The van der Waals surface area contributed by atoms with Crippen molar-refractivity contribution < 1.29 is 9.53 Å². The van der Waals surface area contributed by atoms with Gasteiger partial charge in [-0.2, -0.15) is 0 Å². The summed E-state index contributed by atoms with van der Waals surface area (Å²) in [4.78, 5) is 20.3. The van der Waals surface area contributed by atoms with Crippen molar-refractivity contribution in [2.24, 2.45) is 0 Å². The highest BCUT2D eigenvalue weighted by molar-refractivity contribution is 5.98. The molecule has 1 amide bonds. The third kappa shape index (κ3) is 3.66. The van der Waals surface area contributed by atoms with E-state index in [2.05, 4.69) is 20.6 Å². The molecule has 0 bridgehead atoms. The van der Waals surface area contributed by atoms with Gasteiger partial charge in [0.05, 0.1) is 23.3 Å². The fourth-order valence-corrected chi connectivity index (χ4v) is 2.83. The zero-order valence-electron chi connectivity index (χ0n) is 13.5. The molecule has 0 aliphatic carbocycles. The smallest absolute Gasteiger partial charge is 0.254 e. The second-order valence-corrected chi connectivity index (χ2v) is 5.70. The Labute approximate surface area is 151 Å². The van der Waals surface area contributed by atoms with Gasteiger partial charge in [0.25, 0.3) is 5.91 Å². The van der Waals surface area contributed by atoms with E-state index in [9.17, 15) is 4.79 Å². The third-order valence-electron chi connectivity index (χ3n) is 4.05. The van der Waals surface area contributed by atoms with Crippen LogP contribution in [0.25, 0.3) is 22.4 Å². The van der Waals surface area contributed by atoms with Crippen LogP contribution in [0, 0.1) is 0 Å². The number of benzene rings is 2. The van der Waals surface area contributed by atoms with Gasteiger partial charge in [0.1, 0.15) is 11.9 Å². The molecule has 1 atom stereocenters. The highest BCUT2D eigenvalue weighted by Gasteiger charge is 2.22. The Kier molecular flexibility index (Phi) is 5.33. The molecule has 7 heteroatoms. The van der Waals surface area contributed by atoms with Gasteiger partial charge in [-0.3, -0.25) is 4.79 Å². The molecule has 3 aromatic rings. The molecule has 3 N–H and O–H groups in total. The first kappa shape index (κ1) is 17.4. The van der Waals surface area contributed by atoms with E-state index in [-0.39, 0.29) is 18.3 Å². The number of H-pyrrole nitrogens is 1. The largest absolute Gasteiger partial charge is 0.366 e. The molecule has 0 saturated carbocycles. The number of hydrogen-bond donors (Lipinski definition) is 3. The minimum atomic E-state index is -0.470. The average molecular weight is 359 g/mol. The summed E-state index contributed by atoms with van der Waals surface area (Å²) < 4.78 is 5.51. The number of para-hydroxylation sites is 3. The van der Waals surface area contributed by atoms with Crippen molar-refractivity contribution in [2.75, 3.05) is 25.0 Å². The van der Waals surface area contributed by atoms with Crippen molar-refractivity contribution in [3.8, 4) is 11.4 Å². The molecule has 1 aliphatic rings. The first-order valence-corrected chi connectivity index (χ1v) is 7.98. The highest BCUT2D eigenvalue weighted by Crippen LogP contribution is 2.27. The molecule has 0 unspecified atom stereocenters. The molecule has 1 fully saturated rings. The lowest BCUT2D eigenvalue weighted by Gasteiger charge is -2.23. The quantitative estimate of drug-likeness (QED) is 0.672. The van der Waals surface area contributed by atoms with Crippen LogP contribution in [-0.4, -0.2) is 41.7 Å². The monoisotopic (exact) mass is 358 g/mol. The van der Waals surface area contributed by atoms with Crippen LogP contribution in [-0.2, 0) is 9.53 Å². The molecule has 0 spiro atoms. The van der Waals surface area contributed by atoms with Crippen LogP contribution in [0.5, 0.6) is 0 Å². The summed E-state index contributed by atoms with van der Waals surface area (Å²) in [6.45, 7) is 1.85. The minimum absolute atomic E-state index is 0. The van der Waals surface area contributed by atoms with E-state index in [1.54, 1.807) is 0 Å². The topological polar surface area (TPSA) is 79.0 Å². The van der Waals surface area contributed by atoms with Crippen LogP contribution in [0.1, 0.15) is 0 Å². The molecule has 0 radical (unpaired) electrons. The summed E-state index contributed by atoms with van der Waals surface area (Å²) in [5, 5.41) is 6.12. The molecule has 4 rings (SSSR count). The molecule has 1 saturated heterocycles. The van der Waals surface area contributed by atoms with E-state index in [1.165, 1.54) is 0 Å². The Morgan fingerprint density at radius 1 is 1.16 bits per heavy atom. The molecule has 2 heterocycles. The van der Waals surface area contributed by atoms with Crippen LogP contribution in [0.15, 0.2) is 48.5 Å². The number of imidazole rings is 1. The number of halogens is 1. The molecule has 2 aromatic carbocycles. The summed E-state index contributed by atoms with van der Waals surface area (Å²) in [7, 11) is 0. The zero-order chi connectivity index (χ0) is 16.4. The van der Waals surface area contributed by atoms with Gasteiger partial charge in [-0.25, -0.2) is 4.98 Å². The Morgan fingerprint density at radius 2 is 1.96 bits per heavy atom. The lowest BCUT2D eigenvalue weighted by atomic mass is 10.1. The number of aromatic nitrogens is 2. The van der Waals surface area contributed by atoms with E-state index >= 15 is 0 Å². The zero-order valence-corrected chi connectivity index (χ0v) is 14.3. The maximum Gasteiger partial charge on any atom is 0.254 e. The fraction of sp³-hybridized carbons (Fsp3) is 0.222. The highest BCUT2D eigenvalue weighted by atomic mass is 35.5. The van der Waals surface area contributed by atoms with Crippen molar-refractivity contribution in [3.63, 3.8) is 0 Å². The lowest BCUT2D eigenvalue weighted by molar-refractivity contribution is -0.128. The van der Waals surface area contributed by atoms with Crippen molar-refractivity contribution in [1.29, 1.82) is 0 Å². The van der Waals surface area contributed by atoms with Gasteiger partial charge >= 0.3 is 0 Å². The fourth-order valence-electron chi connectivity index (χ4n) is 2.83. The molecule has 130 valence electrons. The molecular formula is C18H19ClN4O2. The van der Waals surface area contributed by atoms with Crippen LogP contribution in [0.2, 0.25) is 0 Å². The number of ether oxygens (including phenoxy) is 1. The molecule has 1 aromatic heterocycles. The number of morpholine rings is 1. The van der Waals surface area contributed by atoms with Gasteiger partial charge in [-0.15, -0.1) is 12.4 Å². The van der Waals surface area contributed by atoms with Crippen molar-refractivity contribution in [1.82, 2.24) is 15.3 Å². The molecule has 25 heavy (non-hydrogen) atoms. The number of carbonyl (C=O) groups excluding carboxylic acids is 1. The summed E-state index contributed by atoms with van der Waals surface area (Å²) in [5.74, 6) is 0.584. The Balaban J connectivity index is 0.00000182. The predicted octanol–water partition coefficient (Wildman–Crippen LogP) is 2.58. The number of hydrogen-bond acceptors (Lipinski definition) is 4. The normalized spacial score (nSPS) is 17.0. The Bertz CT molecular complexity index is 841. The van der Waals surface area contributed by atoms with Crippen molar-refractivity contribution in [2.45, 2.75) is 6.10 Å². The van der Waals surface area contributed by atoms with E-state index in [0.717, 1.165) is 34.7 Å². The number of carbonyl (C=O) groups is 1. The van der Waals surface area contributed by atoms with Crippen LogP contribution < -0.4 is 10.6 Å². The summed E-state index contributed by atoms with van der Waals surface area (Å²) >= 11 is 0. The number of anilines is 1. The Hall–Kier alpha value is -2.41. The lowest BCUT2D eigenvalue weighted by Crippen LogP contribution is -2.45. The van der Waals surface area contributed by atoms with Gasteiger partial charge in [0.15, 0.2) is 0 Å². The van der Waals surface area contributed by atoms with Crippen LogP contribution in [0.4, 0.5) is 5.69 Å². The number of rotatable bonds is 3. The predicted molar refractivity (Wildman–Crippen MR) is 100 cm³/mol. The minimum Gasteiger partial charge on any atom is -0.366 e. The van der Waals surface area contributed by atoms with E-state index in [0.29, 0.717) is 13.2 Å². The summed E-state index contributed by atoms with van der Waals surface area (Å²) in [6, 6.07) is 15.5. The number of fused-ring (bicyclic) bond motifs is 1. The standard InChI is InChI=1S/C18H18N4O2.ClH/c23-18(16-11-19-9-10-24-16)22-13-6-2-1-5-12(13)17-20-14-7-3-4-8-15(14)21-17;/h1-8,16,19H,9-11H2,(H,20,21)(H,22,23);1H/t16-;/m1./s1. The number of amides is 1. The molecule has 1 aliphatic heterocycles. The second-order valence-electron chi connectivity index (χ2n) is 5.70. The van der Waals surface area contributed by atoms with Crippen LogP contribution in [0.3, 0.4) is 0 Å². The van der Waals surface area contributed by atoms with Crippen LogP contribution >= 0.6 is 12.4 Å². The van der Waals surface area contributed by atoms with E-state index in [4.69, 9.17) is 4.74 Å². The summed E-state index contributed by atoms with van der Waals surface area (Å²) in [5.41, 5.74) is 3.43. The Morgan fingerprint density at radius 3 is 2.76 bits per heavy atom. The number of nitrogens with one attached hydrogen (secondary N) is 3. The maximum absolute atomic E-state index is 12.4. The van der Waals surface area contributed by atoms with Gasteiger partial charge in [0.2, 0.25) is 0 Å². The first-order valence-electron chi connectivity index (χ1n) is 7.98. The summed E-state index contributed by atoms with van der Waals surface area (Å²) in [6.07, 6.45) is -0.470. The van der Waals surface area contributed by atoms with Gasteiger partial charge in [-0.1, -0.05) is 24.3 Å². The van der Waals surface area contributed by atoms with E-state index in [1.807, 2.05) is 48.5 Å². The maximum atomic E-state index is 12.4. The SMILES string of the molecule is Cl.O=C(Nc1ccccc1-c1nc2ccccc2[nH]1)[C@H]1CNCCO1. The second kappa shape index (κ2) is 7.65. The average Bonchev–Trinajstić information content (AvgIpc) is 3.07.